The highest BCUT2D eigenvalue weighted by Gasteiger charge is 2.24. The number of hydrogen-bond acceptors (Lipinski definition) is 7. The molecule has 0 aliphatic carbocycles. The van der Waals surface area contributed by atoms with Crippen LogP contribution in [0, 0.1) is 6.92 Å². The molecule has 0 unspecified atom stereocenters. The summed E-state index contributed by atoms with van der Waals surface area (Å²) in [5, 5.41) is 9.51. The fourth-order valence-electron chi connectivity index (χ4n) is 2.22. The summed E-state index contributed by atoms with van der Waals surface area (Å²) in [7, 11) is 1.86. The lowest BCUT2D eigenvalue weighted by molar-refractivity contribution is -0.115. The molecular formula is C17H17N5O2S2. The molecule has 26 heavy (non-hydrogen) atoms. The highest BCUT2D eigenvalue weighted by atomic mass is 32.2. The van der Waals surface area contributed by atoms with Crippen molar-refractivity contribution in [1.29, 1.82) is 0 Å². The Hall–Kier alpha value is -2.65. The van der Waals surface area contributed by atoms with E-state index in [-0.39, 0.29) is 11.8 Å². The lowest BCUT2D eigenvalue weighted by Gasteiger charge is -2.04. The Balaban J connectivity index is 1.78. The summed E-state index contributed by atoms with van der Waals surface area (Å²) in [5.41, 5.74) is 2.83. The molecule has 0 bridgehead atoms. The van der Waals surface area contributed by atoms with Gasteiger partial charge in [0, 0.05) is 25.9 Å². The molecular weight excluding hydrogens is 370 g/mol. The molecule has 3 N–H and O–H groups in total. The van der Waals surface area contributed by atoms with E-state index in [2.05, 4.69) is 25.9 Å². The molecule has 1 aromatic carbocycles. The number of nitrogens with one attached hydrogen (secondary N) is 3. The number of benzene rings is 1. The van der Waals surface area contributed by atoms with Crippen LogP contribution in [0.2, 0.25) is 0 Å². The second-order valence-corrected chi connectivity index (χ2v) is 7.57. The van der Waals surface area contributed by atoms with Crippen molar-refractivity contribution in [2.75, 3.05) is 17.7 Å². The van der Waals surface area contributed by atoms with E-state index in [0.29, 0.717) is 15.2 Å². The molecule has 1 aliphatic rings. The van der Waals surface area contributed by atoms with Crippen molar-refractivity contribution in [3.05, 3.63) is 39.7 Å². The van der Waals surface area contributed by atoms with Crippen LogP contribution in [0.4, 0.5) is 16.5 Å². The monoisotopic (exact) mass is 387 g/mol. The molecule has 2 aromatic rings. The van der Waals surface area contributed by atoms with Crippen LogP contribution in [-0.2, 0) is 9.59 Å². The summed E-state index contributed by atoms with van der Waals surface area (Å²) >= 11 is 2.58. The molecule has 0 spiro atoms. The van der Waals surface area contributed by atoms with E-state index in [1.165, 1.54) is 30.0 Å². The summed E-state index contributed by atoms with van der Waals surface area (Å²) in [5.74, 6) is -0.381. The Kier molecular flexibility index (Phi) is 5.38. The molecule has 3 rings (SSSR count). The van der Waals surface area contributed by atoms with Gasteiger partial charge in [-0.15, -0.1) is 0 Å². The van der Waals surface area contributed by atoms with Crippen LogP contribution in [-0.4, -0.2) is 29.0 Å². The second-order valence-electron chi connectivity index (χ2n) is 5.48. The number of nitrogens with zero attached hydrogens (tertiary/aromatic N) is 2. The van der Waals surface area contributed by atoms with E-state index < -0.39 is 0 Å². The largest absolute Gasteiger partial charge is 0.388 e. The van der Waals surface area contributed by atoms with Gasteiger partial charge >= 0.3 is 0 Å². The predicted molar refractivity (Wildman–Crippen MR) is 108 cm³/mol. The summed E-state index contributed by atoms with van der Waals surface area (Å²) in [6.45, 7) is 3.40. The van der Waals surface area contributed by atoms with Gasteiger partial charge in [0.25, 0.3) is 5.91 Å². The molecule has 0 radical (unpaired) electrons. The first-order valence-corrected chi connectivity index (χ1v) is 9.39. The Bertz CT molecular complexity index is 933. The topological polar surface area (TPSA) is 95.5 Å². The third-order valence-electron chi connectivity index (χ3n) is 3.44. The molecule has 2 heterocycles. The van der Waals surface area contributed by atoms with Gasteiger partial charge in [0.2, 0.25) is 5.91 Å². The number of hydrogen-bond donors (Lipinski definition) is 3. The smallest absolute Gasteiger partial charge is 0.264 e. The van der Waals surface area contributed by atoms with Crippen LogP contribution in [0.3, 0.4) is 0 Å². The van der Waals surface area contributed by atoms with Gasteiger partial charge in [-0.25, -0.2) is 9.98 Å². The minimum atomic E-state index is -0.201. The van der Waals surface area contributed by atoms with E-state index in [9.17, 15) is 9.59 Å². The molecule has 2 amide bonds. The molecule has 7 nitrogen and oxygen atoms in total. The minimum absolute atomic E-state index is 0.180. The Morgan fingerprint density at radius 3 is 2.88 bits per heavy atom. The average molecular weight is 387 g/mol. The van der Waals surface area contributed by atoms with Crippen molar-refractivity contribution < 1.29 is 9.59 Å². The van der Waals surface area contributed by atoms with Crippen LogP contribution in [0.1, 0.15) is 17.4 Å². The third-order valence-corrected chi connectivity index (χ3v) is 5.21. The zero-order chi connectivity index (χ0) is 18.7. The number of thiazole rings is 1. The zero-order valence-electron chi connectivity index (χ0n) is 14.4. The zero-order valence-corrected chi connectivity index (χ0v) is 16.0. The maximum Gasteiger partial charge on any atom is 0.264 e. The van der Waals surface area contributed by atoms with Crippen LogP contribution >= 0.6 is 23.1 Å². The standard InChI is InChI=1S/C17H17N5O2S2/c1-9-6-11(18-3)4-5-13(9)21-17-22-15(24)14(26-17)7-12-8-19-16(25-12)20-10(2)23/h4-8,18H,1-3H3,(H,19,20,23)(H,21,22,24)/b14-7-. The third kappa shape index (κ3) is 4.30. The molecule has 1 saturated heterocycles. The first kappa shape index (κ1) is 18.2. The Labute approximate surface area is 159 Å². The predicted octanol–water partition coefficient (Wildman–Crippen LogP) is 3.34. The van der Waals surface area contributed by atoms with E-state index in [4.69, 9.17) is 0 Å². The van der Waals surface area contributed by atoms with Crippen LogP contribution in [0.25, 0.3) is 6.08 Å². The number of aliphatic imine (C=N–C) groups is 1. The first-order valence-electron chi connectivity index (χ1n) is 7.76. The van der Waals surface area contributed by atoms with Gasteiger partial charge in [-0.1, -0.05) is 11.3 Å². The van der Waals surface area contributed by atoms with Crippen LogP contribution < -0.4 is 16.0 Å². The number of aryl methyl sites for hydroxylation is 1. The van der Waals surface area contributed by atoms with Crippen molar-refractivity contribution in [3.8, 4) is 0 Å². The van der Waals surface area contributed by atoms with Gasteiger partial charge in [0.1, 0.15) is 0 Å². The van der Waals surface area contributed by atoms with E-state index in [0.717, 1.165) is 21.8 Å². The maximum absolute atomic E-state index is 12.2. The van der Waals surface area contributed by atoms with Crippen molar-refractivity contribution in [2.45, 2.75) is 13.8 Å². The molecule has 9 heteroatoms. The summed E-state index contributed by atoms with van der Waals surface area (Å²) in [4.78, 5) is 33.2. The lowest BCUT2D eigenvalue weighted by Crippen LogP contribution is -2.19. The second kappa shape index (κ2) is 7.71. The highest BCUT2D eigenvalue weighted by molar-refractivity contribution is 8.18. The number of amides is 2. The number of amidine groups is 1. The number of thioether (sulfide) groups is 1. The van der Waals surface area contributed by atoms with Crippen molar-refractivity contribution in [1.82, 2.24) is 10.3 Å². The molecule has 1 fully saturated rings. The van der Waals surface area contributed by atoms with E-state index >= 15 is 0 Å². The van der Waals surface area contributed by atoms with Gasteiger partial charge in [0.05, 0.1) is 15.5 Å². The summed E-state index contributed by atoms with van der Waals surface area (Å²) < 4.78 is 0. The Morgan fingerprint density at radius 1 is 1.38 bits per heavy atom. The molecule has 0 atom stereocenters. The first-order chi connectivity index (χ1) is 12.4. The van der Waals surface area contributed by atoms with Crippen LogP contribution in [0.15, 0.2) is 34.3 Å². The quantitative estimate of drug-likeness (QED) is 0.700. The van der Waals surface area contributed by atoms with Crippen molar-refractivity contribution in [2.24, 2.45) is 4.99 Å². The van der Waals surface area contributed by atoms with Gasteiger partial charge in [-0.2, -0.15) is 0 Å². The minimum Gasteiger partial charge on any atom is -0.388 e. The summed E-state index contributed by atoms with van der Waals surface area (Å²) in [6, 6.07) is 5.84. The average Bonchev–Trinajstić information content (AvgIpc) is 3.16. The molecule has 134 valence electrons. The number of rotatable bonds is 4. The fourth-order valence-corrected chi connectivity index (χ4v) is 3.92. The molecule has 1 aromatic heterocycles. The Morgan fingerprint density at radius 2 is 2.19 bits per heavy atom. The normalized spacial score (nSPS) is 16.8. The SMILES string of the molecule is CNc1ccc(/N=C2/NC(=O)/C(=C/c3cnc(NC(C)=O)s3)S2)c(C)c1. The van der Waals surface area contributed by atoms with Gasteiger partial charge in [0.15, 0.2) is 10.3 Å². The number of carbonyl (C=O) groups is 2. The number of carbonyl (C=O) groups excluding carboxylic acids is 2. The van der Waals surface area contributed by atoms with Gasteiger partial charge in [-0.05, 0) is 48.5 Å². The van der Waals surface area contributed by atoms with Crippen molar-refractivity contribution in [3.63, 3.8) is 0 Å². The molecule has 0 saturated carbocycles. The number of anilines is 2. The fraction of sp³-hybridized carbons (Fsp3) is 0.176. The summed E-state index contributed by atoms with van der Waals surface area (Å²) in [6.07, 6.45) is 3.36. The number of aromatic nitrogens is 1. The lowest BCUT2D eigenvalue weighted by atomic mass is 10.2. The van der Waals surface area contributed by atoms with Gasteiger partial charge in [-0.3, -0.25) is 9.59 Å². The highest BCUT2D eigenvalue weighted by Crippen LogP contribution is 2.31. The molecule has 1 aliphatic heterocycles. The maximum atomic E-state index is 12.2. The van der Waals surface area contributed by atoms with Gasteiger partial charge < -0.3 is 16.0 Å². The van der Waals surface area contributed by atoms with E-state index in [1.807, 2.05) is 32.2 Å². The van der Waals surface area contributed by atoms with Crippen LogP contribution in [0.5, 0.6) is 0 Å². The van der Waals surface area contributed by atoms with Crippen molar-refractivity contribution >= 4 is 62.7 Å². The van der Waals surface area contributed by atoms with E-state index in [1.54, 1.807) is 12.3 Å².